The first kappa shape index (κ1) is 16.5. The van der Waals surface area contributed by atoms with Gasteiger partial charge in [0.25, 0.3) is 0 Å². The molecule has 116 valence electrons. The highest BCUT2D eigenvalue weighted by molar-refractivity contribution is 7.80. The predicted molar refractivity (Wildman–Crippen MR) is 93.4 cm³/mol. The Morgan fingerprint density at radius 1 is 1.33 bits per heavy atom. The highest BCUT2D eigenvalue weighted by atomic mass is 32.1. The number of hydrogen-bond acceptors (Lipinski definition) is 3. The molecule has 0 bridgehead atoms. The minimum atomic E-state index is -1.88. The third kappa shape index (κ3) is 2.87. The van der Waals surface area contributed by atoms with Crippen molar-refractivity contribution in [2.24, 2.45) is 0 Å². The molecule has 2 rings (SSSR count). The summed E-state index contributed by atoms with van der Waals surface area (Å²) in [4.78, 5) is 2.46. The Balaban J connectivity index is 2.26. The molecule has 1 aromatic carbocycles. The average molecular weight is 324 g/mol. The highest BCUT2D eigenvalue weighted by Crippen LogP contribution is 2.39. The van der Waals surface area contributed by atoms with E-state index < -0.39 is 13.9 Å². The summed E-state index contributed by atoms with van der Waals surface area (Å²) in [6.07, 6.45) is 0. The van der Waals surface area contributed by atoms with Gasteiger partial charge in [0, 0.05) is 7.05 Å². The molecule has 1 aliphatic rings. The van der Waals surface area contributed by atoms with Crippen LogP contribution in [0.25, 0.3) is 0 Å². The van der Waals surface area contributed by atoms with Gasteiger partial charge in [-0.2, -0.15) is 0 Å². The van der Waals surface area contributed by atoms with E-state index in [9.17, 15) is 5.11 Å². The lowest BCUT2D eigenvalue weighted by molar-refractivity contribution is 0.0345. The Hall–Kier alpha value is -0.913. The first-order valence-electron chi connectivity index (χ1n) is 7.25. The molecule has 3 nitrogen and oxygen atoms in total. The van der Waals surface area contributed by atoms with Crippen LogP contribution in [-0.4, -0.2) is 36.9 Å². The maximum atomic E-state index is 10.7. The molecule has 1 N–H and O–H groups in total. The Bertz CT molecular complexity index is 568. The van der Waals surface area contributed by atoms with Crippen LogP contribution in [0.2, 0.25) is 18.1 Å². The second-order valence-electron chi connectivity index (χ2n) is 7.41. The normalized spacial score (nSPS) is 23.0. The Morgan fingerprint density at radius 2 is 1.95 bits per heavy atom. The monoisotopic (exact) mass is 323 g/mol. The number of hydrogen-bond donors (Lipinski definition) is 1. The highest BCUT2D eigenvalue weighted by Gasteiger charge is 2.47. The van der Waals surface area contributed by atoms with Gasteiger partial charge < -0.3 is 14.4 Å². The number of rotatable bonds is 3. The quantitative estimate of drug-likeness (QED) is 0.681. The Kier molecular flexibility index (Phi) is 3.97. The lowest BCUT2D eigenvalue weighted by atomic mass is 9.86. The fourth-order valence-electron chi connectivity index (χ4n) is 2.19. The molecule has 1 heterocycles. The van der Waals surface area contributed by atoms with Gasteiger partial charge in [0.15, 0.2) is 5.60 Å². The summed E-state index contributed by atoms with van der Waals surface area (Å²) < 4.78 is 6.30. The average Bonchev–Trinajstić information content (AvgIpc) is 2.36. The van der Waals surface area contributed by atoms with Crippen LogP contribution in [0.5, 0.6) is 5.75 Å². The molecule has 0 spiro atoms. The van der Waals surface area contributed by atoms with E-state index in [2.05, 4.69) is 33.9 Å². The topological polar surface area (TPSA) is 32.7 Å². The van der Waals surface area contributed by atoms with Gasteiger partial charge in [-0.3, -0.25) is 0 Å². The van der Waals surface area contributed by atoms with Crippen molar-refractivity contribution >= 4 is 25.5 Å². The molecular formula is C16H25NO2SSi. The summed E-state index contributed by atoms with van der Waals surface area (Å²) in [5.74, 6) is 0.824. The van der Waals surface area contributed by atoms with Crippen molar-refractivity contribution < 1.29 is 9.53 Å². The van der Waals surface area contributed by atoms with Crippen molar-refractivity contribution in [1.29, 1.82) is 0 Å². The van der Waals surface area contributed by atoms with Gasteiger partial charge in [-0.1, -0.05) is 45.1 Å². The van der Waals surface area contributed by atoms with E-state index in [4.69, 9.17) is 16.6 Å². The lowest BCUT2D eigenvalue weighted by Gasteiger charge is -2.46. The Labute approximate surface area is 134 Å². The molecule has 21 heavy (non-hydrogen) atoms. The molecule has 0 saturated carbocycles. The second kappa shape index (κ2) is 5.07. The van der Waals surface area contributed by atoms with E-state index in [0.29, 0.717) is 11.5 Å². The third-order valence-corrected chi connectivity index (χ3v) is 9.67. The molecule has 5 heteroatoms. The zero-order chi connectivity index (χ0) is 16.1. The van der Waals surface area contributed by atoms with Crippen molar-refractivity contribution in [2.75, 3.05) is 13.6 Å². The maximum absolute atomic E-state index is 10.7. The van der Waals surface area contributed by atoms with Crippen molar-refractivity contribution in [2.45, 2.75) is 44.5 Å². The number of nitrogens with zero attached hydrogens (tertiary/aromatic N) is 1. The predicted octanol–water partition coefficient (Wildman–Crippen LogP) is 3.53. The lowest BCUT2D eigenvalue weighted by Crippen LogP contribution is -2.61. The molecule has 1 atom stereocenters. The third-order valence-electron chi connectivity index (χ3n) is 4.66. The maximum Gasteiger partial charge on any atom is 0.250 e. The molecule has 0 radical (unpaired) electrons. The van der Waals surface area contributed by atoms with E-state index in [-0.39, 0.29) is 5.04 Å². The molecule has 1 aromatic rings. The van der Waals surface area contributed by atoms with Gasteiger partial charge in [-0.05, 0) is 35.8 Å². The summed E-state index contributed by atoms with van der Waals surface area (Å²) in [5.41, 5.74) is -0.196. The van der Waals surface area contributed by atoms with Crippen LogP contribution in [0.1, 0.15) is 26.3 Å². The van der Waals surface area contributed by atoms with Crippen molar-refractivity contribution in [1.82, 2.24) is 4.90 Å². The van der Waals surface area contributed by atoms with Gasteiger partial charge in [0.1, 0.15) is 10.7 Å². The van der Waals surface area contributed by atoms with Crippen molar-refractivity contribution in [3.05, 3.63) is 29.8 Å². The van der Waals surface area contributed by atoms with Crippen LogP contribution >= 0.6 is 12.2 Å². The minimum absolute atomic E-state index is 0.145. The standard InChI is InChI=1S/C16H25NO2SSi/c1-15(2,3)21(5,6)19-13-9-7-8-12(10-13)16(18)11-17(4)14(16)20/h7-10,18H,11H2,1-6H3. The molecular weight excluding hydrogens is 298 g/mol. The SMILES string of the molecule is CN1CC(O)(c2cccc(O[Si](C)(C)C(C)(C)C)c2)C1=S. The van der Waals surface area contributed by atoms with Gasteiger partial charge in [0.2, 0.25) is 8.32 Å². The molecule has 1 unspecified atom stereocenters. The van der Waals surface area contributed by atoms with E-state index in [0.717, 1.165) is 11.3 Å². The number of benzene rings is 1. The van der Waals surface area contributed by atoms with E-state index in [1.54, 1.807) is 0 Å². The van der Waals surface area contributed by atoms with Gasteiger partial charge in [-0.25, -0.2) is 0 Å². The number of likely N-dealkylation sites (tertiary alicyclic amines) is 1. The van der Waals surface area contributed by atoms with Gasteiger partial charge >= 0.3 is 0 Å². The van der Waals surface area contributed by atoms with Crippen LogP contribution in [0.3, 0.4) is 0 Å². The van der Waals surface area contributed by atoms with Gasteiger partial charge in [-0.15, -0.1) is 0 Å². The molecule has 1 saturated heterocycles. The van der Waals surface area contributed by atoms with Crippen LogP contribution in [0.4, 0.5) is 0 Å². The van der Waals surface area contributed by atoms with Crippen molar-refractivity contribution in [3.8, 4) is 5.75 Å². The summed E-state index contributed by atoms with van der Waals surface area (Å²) in [5, 5.41) is 10.8. The zero-order valence-corrected chi connectivity index (χ0v) is 15.5. The summed E-state index contributed by atoms with van der Waals surface area (Å²) in [6, 6.07) is 7.73. The Morgan fingerprint density at radius 3 is 2.43 bits per heavy atom. The number of β-amino-alcohol motifs (C(OH)–C–C–N with tert-alkyl or cyclic N) is 1. The van der Waals surface area contributed by atoms with Crippen LogP contribution in [-0.2, 0) is 5.60 Å². The zero-order valence-electron chi connectivity index (χ0n) is 13.7. The van der Waals surface area contributed by atoms with Gasteiger partial charge in [0.05, 0.1) is 6.54 Å². The smallest absolute Gasteiger partial charge is 0.250 e. The second-order valence-corrected chi connectivity index (χ2v) is 12.5. The number of likely N-dealkylation sites (N-methyl/N-ethyl adjacent to an activating group) is 1. The summed E-state index contributed by atoms with van der Waals surface area (Å²) >= 11 is 5.28. The first-order valence-corrected chi connectivity index (χ1v) is 10.6. The van der Waals surface area contributed by atoms with E-state index in [1.165, 1.54) is 0 Å². The number of thiocarbonyl (C=S) groups is 1. The van der Waals surface area contributed by atoms with Crippen LogP contribution < -0.4 is 4.43 Å². The number of aliphatic hydroxyl groups is 1. The molecule has 1 aliphatic heterocycles. The van der Waals surface area contributed by atoms with E-state index in [1.807, 2.05) is 36.2 Å². The minimum Gasteiger partial charge on any atom is -0.543 e. The van der Waals surface area contributed by atoms with Crippen LogP contribution in [0, 0.1) is 0 Å². The molecule has 0 amide bonds. The fraction of sp³-hybridized carbons (Fsp3) is 0.562. The fourth-order valence-corrected chi connectivity index (χ4v) is 3.46. The largest absolute Gasteiger partial charge is 0.543 e. The summed E-state index contributed by atoms with van der Waals surface area (Å²) in [6.45, 7) is 11.6. The molecule has 0 aliphatic carbocycles. The van der Waals surface area contributed by atoms with E-state index >= 15 is 0 Å². The first-order chi connectivity index (χ1) is 9.47. The molecule has 0 aromatic heterocycles. The summed E-state index contributed by atoms with van der Waals surface area (Å²) in [7, 11) is 0.0203. The van der Waals surface area contributed by atoms with Crippen LogP contribution in [0.15, 0.2) is 24.3 Å². The van der Waals surface area contributed by atoms with Crippen molar-refractivity contribution in [3.63, 3.8) is 0 Å². The molecule has 1 fully saturated rings.